The lowest BCUT2D eigenvalue weighted by Gasteiger charge is -2.12. The molecule has 0 amide bonds. The van der Waals surface area contributed by atoms with E-state index in [4.69, 9.17) is 5.26 Å². The molecule has 0 saturated heterocycles. The van der Waals surface area contributed by atoms with Gasteiger partial charge in [-0.3, -0.25) is 0 Å². The molecule has 0 spiro atoms. The maximum Gasteiger partial charge on any atom is 0.120 e. The standard InChI is InChI=1S/C12H15NO/c1-8(2)11-7-10(4-5-13)12(14)6-9(11)3/h6-8,14H,4H2,1-3H3. The van der Waals surface area contributed by atoms with Crippen molar-refractivity contribution in [3.63, 3.8) is 0 Å². The second-order valence-electron chi connectivity index (χ2n) is 3.83. The van der Waals surface area contributed by atoms with Crippen LogP contribution in [0.1, 0.15) is 36.5 Å². The highest BCUT2D eigenvalue weighted by Gasteiger charge is 2.08. The third-order valence-electron chi connectivity index (χ3n) is 2.36. The Morgan fingerprint density at radius 2 is 2.07 bits per heavy atom. The smallest absolute Gasteiger partial charge is 0.120 e. The Balaban J connectivity index is 3.21. The summed E-state index contributed by atoms with van der Waals surface area (Å²) in [7, 11) is 0. The first kappa shape index (κ1) is 10.6. The topological polar surface area (TPSA) is 44.0 Å². The lowest BCUT2D eigenvalue weighted by Crippen LogP contribution is -1.95. The number of phenols is 1. The summed E-state index contributed by atoms with van der Waals surface area (Å²) in [5.41, 5.74) is 3.01. The number of benzene rings is 1. The molecule has 0 aliphatic rings. The average Bonchev–Trinajstić information content (AvgIpc) is 2.09. The van der Waals surface area contributed by atoms with E-state index in [1.165, 1.54) is 5.56 Å². The lowest BCUT2D eigenvalue weighted by atomic mass is 9.94. The Labute approximate surface area is 84.8 Å². The molecule has 0 aromatic heterocycles. The molecular weight excluding hydrogens is 174 g/mol. The predicted molar refractivity (Wildman–Crippen MR) is 56.2 cm³/mol. The van der Waals surface area contributed by atoms with Gasteiger partial charge in [0.25, 0.3) is 0 Å². The van der Waals surface area contributed by atoms with Crippen LogP contribution >= 0.6 is 0 Å². The van der Waals surface area contributed by atoms with Crippen LogP contribution in [0, 0.1) is 18.3 Å². The summed E-state index contributed by atoms with van der Waals surface area (Å²) in [5, 5.41) is 18.2. The molecule has 0 aliphatic carbocycles. The highest BCUT2D eigenvalue weighted by atomic mass is 16.3. The summed E-state index contributed by atoms with van der Waals surface area (Å²) >= 11 is 0. The van der Waals surface area contributed by atoms with Crippen LogP contribution < -0.4 is 0 Å². The number of nitrogens with zero attached hydrogens (tertiary/aromatic N) is 1. The fourth-order valence-corrected chi connectivity index (χ4v) is 1.61. The van der Waals surface area contributed by atoms with Gasteiger partial charge in [0.05, 0.1) is 12.5 Å². The highest BCUT2D eigenvalue weighted by molar-refractivity contribution is 5.43. The molecule has 0 bridgehead atoms. The zero-order valence-corrected chi connectivity index (χ0v) is 8.83. The zero-order valence-electron chi connectivity index (χ0n) is 8.83. The number of aryl methyl sites for hydroxylation is 1. The quantitative estimate of drug-likeness (QED) is 0.777. The Morgan fingerprint density at radius 1 is 1.43 bits per heavy atom. The van der Waals surface area contributed by atoms with Gasteiger partial charge < -0.3 is 5.11 Å². The molecule has 0 saturated carbocycles. The molecule has 0 aliphatic heterocycles. The van der Waals surface area contributed by atoms with E-state index in [1.807, 2.05) is 13.0 Å². The summed E-state index contributed by atoms with van der Waals surface area (Å²) in [4.78, 5) is 0. The van der Waals surface area contributed by atoms with Crippen molar-refractivity contribution in [2.45, 2.75) is 33.1 Å². The van der Waals surface area contributed by atoms with Crippen molar-refractivity contribution < 1.29 is 5.11 Å². The number of nitriles is 1. The predicted octanol–water partition coefficient (Wildman–Crippen LogP) is 2.89. The molecule has 0 fully saturated rings. The van der Waals surface area contributed by atoms with Crippen molar-refractivity contribution in [3.8, 4) is 11.8 Å². The van der Waals surface area contributed by atoms with Gasteiger partial charge in [-0.2, -0.15) is 5.26 Å². The van der Waals surface area contributed by atoms with Crippen LogP contribution in [-0.2, 0) is 6.42 Å². The SMILES string of the molecule is Cc1cc(O)c(CC#N)cc1C(C)C. The van der Waals surface area contributed by atoms with Crippen LogP contribution in [0.15, 0.2) is 12.1 Å². The van der Waals surface area contributed by atoms with E-state index >= 15 is 0 Å². The minimum Gasteiger partial charge on any atom is -0.508 e. The van der Waals surface area contributed by atoms with Gasteiger partial charge in [-0.05, 0) is 30.0 Å². The summed E-state index contributed by atoms with van der Waals surface area (Å²) in [6.07, 6.45) is 0.270. The first-order chi connectivity index (χ1) is 6.56. The van der Waals surface area contributed by atoms with Crippen LogP contribution in [0.3, 0.4) is 0 Å². The monoisotopic (exact) mass is 189 g/mol. The number of aromatic hydroxyl groups is 1. The highest BCUT2D eigenvalue weighted by Crippen LogP contribution is 2.27. The molecule has 14 heavy (non-hydrogen) atoms. The summed E-state index contributed by atoms with van der Waals surface area (Å²) in [6.45, 7) is 6.19. The minimum absolute atomic E-state index is 0.230. The molecule has 0 unspecified atom stereocenters. The van der Waals surface area contributed by atoms with Crippen molar-refractivity contribution in [1.82, 2.24) is 0 Å². The summed E-state index contributed by atoms with van der Waals surface area (Å²) in [6, 6.07) is 5.72. The third-order valence-corrected chi connectivity index (χ3v) is 2.36. The molecule has 1 aromatic rings. The van der Waals surface area contributed by atoms with Gasteiger partial charge in [-0.1, -0.05) is 19.9 Å². The van der Waals surface area contributed by atoms with Crippen LogP contribution in [0.2, 0.25) is 0 Å². The van der Waals surface area contributed by atoms with Gasteiger partial charge >= 0.3 is 0 Å². The summed E-state index contributed by atoms with van der Waals surface area (Å²) in [5.74, 6) is 0.654. The van der Waals surface area contributed by atoms with E-state index in [1.54, 1.807) is 6.07 Å². The Bertz CT molecular complexity index is 375. The number of phenolic OH excluding ortho intramolecular Hbond substituents is 1. The molecule has 0 atom stereocenters. The van der Waals surface area contributed by atoms with Gasteiger partial charge in [-0.25, -0.2) is 0 Å². The third kappa shape index (κ3) is 2.05. The molecule has 0 radical (unpaired) electrons. The second kappa shape index (κ2) is 4.15. The van der Waals surface area contributed by atoms with E-state index in [0.29, 0.717) is 5.92 Å². The van der Waals surface area contributed by atoms with Crippen LogP contribution in [0.25, 0.3) is 0 Å². The number of hydrogen-bond donors (Lipinski definition) is 1. The maximum absolute atomic E-state index is 9.58. The van der Waals surface area contributed by atoms with Crippen molar-refractivity contribution in [3.05, 3.63) is 28.8 Å². The molecule has 74 valence electrons. The molecule has 2 nitrogen and oxygen atoms in total. The number of rotatable bonds is 2. The molecule has 0 heterocycles. The molecule has 1 rings (SSSR count). The summed E-state index contributed by atoms with van der Waals surface area (Å²) < 4.78 is 0. The normalized spacial score (nSPS) is 10.2. The van der Waals surface area contributed by atoms with E-state index in [2.05, 4.69) is 19.9 Å². The first-order valence-corrected chi connectivity index (χ1v) is 4.75. The van der Waals surface area contributed by atoms with Gasteiger partial charge in [0.2, 0.25) is 0 Å². The van der Waals surface area contributed by atoms with E-state index in [9.17, 15) is 5.11 Å². The molecule has 1 N–H and O–H groups in total. The van der Waals surface area contributed by atoms with Crippen LogP contribution in [0.5, 0.6) is 5.75 Å². The minimum atomic E-state index is 0.230. The lowest BCUT2D eigenvalue weighted by molar-refractivity contribution is 0.469. The van der Waals surface area contributed by atoms with E-state index < -0.39 is 0 Å². The fourth-order valence-electron chi connectivity index (χ4n) is 1.61. The molecule has 1 aromatic carbocycles. The Hall–Kier alpha value is -1.49. The maximum atomic E-state index is 9.58. The van der Waals surface area contributed by atoms with Gasteiger partial charge in [-0.15, -0.1) is 0 Å². The zero-order chi connectivity index (χ0) is 10.7. The van der Waals surface area contributed by atoms with Crippen molar-refractivity contribution in [2.75, 3.05) is 0 Å². The van der Waals surface area contributed by atoms with Crippen molar-refractivity contribution >= 4 is 0 Å². The first-order valence-electron chi connectivity index (χ1n) is 4.75. The Kier molecular flexibility index (Phi) is 3.14. The molecular formula is C12H15NO. The van der Waals surface area contributed by atoms with Gasteiger partial charge in [0.1, 0.15) is 5.75 Å². The number of hydrogen-bond acceptors (Lipinski definition) is 2. The fraction of sp³-hybridized carbons (Fsp3) is 0.417. The van der Waals surface area contributed by atoms with Gasteiger partial charge in [0, 0.05) is 5.56 Å². The van der Waals surface area contributed by atoms with E-state index in [0.717, 1.165) is 11.1 Å². The van der Waals surface area contributed by atoms with Crippen molar-refractivity contribution in [2.24, 2.45) is 0 Å². The average molecular weight is 189 g/mol. The second-order valence-corrected chi connectivity index (χ2v) is 3.83. The van der Waals surface area contributed by atoms with Crippen LogP contribution in [0.4, 0.5) is 0 Å². The largest absolute Gasteiger partial charge is 0.508 e. The van der Waals surface area contributed by atoms with Gasteiger partial charge in [0.15, 0.2) is 0 Å². The van der Waals surface area contributed by atoms with Crippen molar-refractivity contribution in [1.29, 1.82) is 5.26 Å². The Morgan fingerprint density at radius 3 is 2.57 bits per heavy atom. The molecule has 2 heteroatoms. The van der Waals surface area contributed by atoms with Crippen LogP contribution in [-0.4, -0.2) is 5.11 Å². The van der Waals surface area contributed by atoms with E-state index in [-0.39, 0.29) is 12.2 Å².